The zero-order valence-electron chi connectivity index (χ0n) is 15.0. The quantitative estimate of drug-likeness (QED) is 0.519. The lowest BCUT2D eigenvalue weighted by molar-refractivity contribution is 0.0474. The molecule has 132 valence electrons. The molecule has 3 aromatic rings. The van der Waals surface area contributed by atoms with E-state index < -0.39 is 5.97 Å². The van der Waals surface area contributed by atoms with Crippen molar-refractivity contribution in [1.82, 2.24) is 9.78 Å². The summed E-state index contributed by atoms with van der Waals surface area (Å²) in [4.78, 5) is 24.7. The molecule has 0 unspecified atom stereocenters. The predicted molar refractivity (Wildman–Crippen MR) is 98.8 cm³/mol. The van der Waals surface area contributed by atoms with Crippen LogP contribution in [-0.2, 0) is 4.74 Å². The summed E-state index contributed by atoms with van der Waals surface area (Å²) >= 11 is 0. The predicted octanol–water partition coefficient (Wildman–Crippen LogP) is 3.84. The smallest absolute Gasteiger partial charge is 0.338 e. The van der Waals surface area contributed by atoms with Crippen molar-refractivity contribution >= 4 is 11.8 Å². The topological polar surface area (TPSA) is 61.2 Å². The third-order valence-electron chi connectivity index (χ3n) is 4.16. The molecule has 0 radical (unpaired) electrons. The van der Waals surface area contributed by atoms with Gasteiger partial charge >= 0.3 is 5.97 Å². The van der Waals surface area contributed by atoms with Gasteiger partial charge < -0.3 is 4.74 Å². The van der Waals surface area contributed by atoms with Crippen LogP contribution in [0.3, 0.4) is 0 Å². The molecule has 26 heavy (non-hydrogen) atoms. The molecule has 1 heterocycles. The standard InChI is InChI=1S/C21H20N2O3/c1-14-11-15(2)20(16(3)12-14)19(24)13-26-21(25)17-5-7-18(8-6-17)23-10-4-9-22-23/h4-12H,13H2,1-3H3. The van der Waals surface area contributed by atoms with Crippen LogP contribution in [0.15, 0.2) is 54.9 Å². The lowest BCUT2D eigenvalue weighted by Gasteiger charge is -2.11. The Morgan fingerprint density at radius 3 is 2.27 bits per heavy atom. The lowest BCUT2D eigenvalue weighted by atomic mass is 9.97. The van der Waals surface area contributed by atoms with Gasteiger partial charge in [0.1, 0.15) is 0 Å². The highest BCUT2D eigenvalue weighted by Crippen LogP contribution is 2.17. The van der Waals surface area contributed by atoms with E-state index in [-0.39, 0.29) is 12.4 Å². The summed E-state index contributed by atoms with van der Waals surface area (Å²) in [6.45, 7) is 5.50. The number of benzene rings is 2. The Morgan fingerprint density at radius 2 is 1.69 bits per heavy atom. The highest BCUT2D eigenvalue weighted by atomic mass is 16.5. The highest BCUT2D eigenvalue weighted by molar-refractivity contribution is 6.01. The minimum Gasteiger partial charge on any atom is -0.454 e. The SMILES string of the molecule is Cc1cc(C)c(C(=O)COC(=O)c2ccc(-n3cccn3)cc2)c(C)c1. The first-order chi connectivity index (χ1) is 12.5. The van der Waals surface area contributed by atoms with Crippen LogP contribution in [0.25, 0.3) is 5.69 Å². The van der Waals surface area contributed by atoms with Gasteiger partial charge in [0.2, 0.25) is 5.78 Å². The molecule has 0 bridgehead atoms. The minimum atomic E-state index is -0.521. The normalized spacial score (nSPS) is 10.6. The molecule has 3 rings (SSSR count). The Balaban J connectivity index is 1.66. The Labute approximate surface area is 152 Å². The zero-order valence-corrected chi connectivity index (χ0v) is 15.0. The molecule has 0 aliphatic carbocycles. The molecule has 5 heteroatoms. The second kappa shape index (κ2) is 7.35. The number of aryl methyl sites for hydroxylation is 3. The number of hydrogen-bond donors (Lipinski definition) is 0. The van der Waals surface area contributed by atoms with Crippen molar-refractivity contribution < 1.29 is 14.3 Å². The van der Waals surface area contributed by atoms with E-state index >= 15 is 0 Å². The zero-order chi connectivity index (χ0) is 18.7. The number of aromatic nitrogens is 2. The fourth-order valence-corrected chi connectivity index (χ4v) is 3.08. The van der Waals surface area contributed by atoms with Crippen LogP contribution in [0, 0.1) is 20.8 Å². The largest absolute Gasteiger partial charge is 0.454 e. The minimum absolute atomic E-state index is 0.193. The highest BCUT2D eigenvalue weighted by Gasteiger charge is 2.16. The van der Waals surface area contributed by atoms with Gasteiger partial charge in [0, 0.05) is 18.0 Å². The monoisotopic (exact) mass is 348 g/mol. The van der Waals surface area contributed by atoms with Crippen molar-refractivity contribution in [1.29, 1.82) is 0 Å². The van der Waals surface area contributed by atoms with Gasteiger partial charge in [-0.1, -0.05) is 17.7 Å². The number of esters is 1. The Bertz CT molecular complexity index is 919. The van der Waals surface area contributed by atoms with Crippen molar-refractivity contribution in [3.05, 3.63) is 82.7 Å². The summed E-state index contributed by atoms with van der Waals surface area (Å²) < 4.78 is 6.90. The number of carbonyl (C=O) groups excluding carboxylic acids is 2. The number of nitrogens with zero attached hydrogens (tertiary/aromatic N) is 2. The number of rotatable bonds is 5. The van der Waals surface area contributed by atoms with E-state index in [9.17, 15) is 9.59 Å². The molecule has 0 spiro atoms. The number of ketones is 1. The van der Waals surface area contributed by atoms with Crippen molar-refractivity contribution in [2.24, 2.45) is 0 Å². The molecule has 1 aromatic heterocycles. The summed E-state index contributed by atoms with van der Waals surface area (Å²) in [5.41, 5.74) is 4.75. The van der Waals surface area contributed by atoms with Gasteiger partial charge in [-0.15, -0.1) is 0 Å². The first kappa shape index (κ1) is 17.6. The second-order valence-corrected chi connectivity index (χ2v) is 6.27. The van der Waals surface area contributed by atoms with Crippen LogP contribution in [0.1, 0.15) is 37.4 Å². The third kappa shape index (κ3) is 3.72. The lowest BCUT2D eigenvalue weighted by Crippen LogP contribution is -2.16. The van der Waals surface area contributed by atoms with Crippen molar-refractivity contribution in [3.8, 4) is 5.69 Å². The first-order valence-electron chi connectivity index (χ1n) is 8.34. The van der Waals surface area contributed by atoms with Gasteiger partial charge in [-0.3, -0.25) is 4.79 Å². The molecule has 0 atom stereocenters. The van der Waals surface area contributed by atoms with Gasteiger partial charge in [0.05, 0.1) is 11.3 Å². The maximum Gasteiger partial charge on any atom is 0.338 e. The van der Waals surface area contributed by atoms with Gasteiger partial charge in [0.25, 0.3) is 0 Å². The fraction of sp³-hybridized carbons (Fsp3) is 0.190. The van der Waals surface area contributed by atoms with Gasteiger partial charge in [0.15, 0.2) is 6.61 Å². The molecule has 0 N–H and O–H groups in total. The molecular formula is C21H20N2O3. The van der Waals surface area contributed by atoms with Crippen molar-refractivity contribution in [3.63, 3.8) is 0 Å². The molecule has 0 aliphatic heterocycles. The third-order valence-corrected chi connectivity index (χ3v) is 4.16. The van der Waals surface area contributed by atoms with E-state index in [0.29, 0.717) is 11.1 Å². The van der Waals surface area contributed by atoms with Crippen molar-refractivity contribution in [2.45, 2.75) is 20.8 Å². The number of Topliss-reactive ketones (excluding diaryl/α,β-unsaturated/α-hetero) is 1. The number of hydrogen-bond acceptors (Lipinski definition) is 4. The molecule has 0 fully saturated rings. The Hall–Kier alpha value is -3.21. The number of carbonyl (C=O) groups is 2. The van der Waals surface area contributed by atoms with E-state index in [4.69, 9.17) is 4.74 Å². The maximum atomic E-state index is 12.5. The molecule has 0 amide bonds. The van der Waals surface area contributed by atoms with E-state index in [1.54, 1.807) is 35.1 Å². The maximum absolute atomic E-state index is 12.5. The Kier molecular flexibility index (Phi) is 4.98. The number of ether oxygens (including phenoxy) is 1. The van der Waals surface area contributed by atoms with Crippen LogP contribution in [-0.4, -0.2) is 28.1 Å². The molecule has 0 saturated heterocycles. The van der Waals surface area contributed by atoms with E-state index in [0.717, 1.165) is 22.4 Å². The van der Waals surface area contributed by atoms with Crippen LogP contribution in [0.5, 0.6) is 0 Å². The van der Waals surface area contributed by atoms with E-state index in [1.807, 2.05) is 45.2 Å². The molecule has 0 aliphatic rings. The van der Waals surface area contributed by atoms with Crippen LogP contribution >= 0.6 is 0 Å². The second-order valence-electron chi connectivity index (χ2n) is 6.27. The van der Waals surface area contributed by atoms with E-state index in [1.165, 1.54) is 0 Å². The van der Waals surface area contributed by atoms with Crippen LogP contribution in [0.4, 0.5) is 0 Å². The van der Waals surface area contributed by atoms with Gasteiger partial charge in [-0.25, -0.2) is 9.48 Å². The molecule has 2 aromatic carbocycles. The summed E-state index contributed by atoms with van der Waals surface area (Å²) in [7, 11) is 0. The van der Waals surface area contributed by atoms with E-state index in [2.05, 4.69) is 5.10 Å². The summed E-state index contributed by atoms with van der Waals surface area (Å²) in [5.74, 6) is -0.714. The molecule has 0 saturated carbocycles. The van der Waals surface area contributed by atoms with Crippen molar-refractivity contribution in [2.75, 3.05) is 6.61 Å². The summed E-state index contributed by atoms with van der Waals surface area (Å²) in [6, 6.07) is 12.6. The van der Waals surface area contributed by atoms with Crippen LogP contribution < -0.4 is 0 Å². The Morgan fingerprint density at radius 1 is 1.04 bits per heavy atom. The molecular weight excluding hydrogens is 328 g/mol. The van der Waals surface area contributed by atoms with Gasteiger partial charge in [-0.05, 0) is 62.2 Å². The summed E-state index contributed by atoms with van der Waals surface area (Å²) in [5, 5.41) is 4.13. The summed E-state index contributed by atoms with van der Waals surface area (Å²) in [6.07, 6.45) is 3.50. The first-order valence-corrected chi connectivity index (χ1v) is 8.34. The van der Waals surface area contributed by atoms with Crippen LogP contribution in [0.2, 0.25) is 0 Å². The molecule has 5 nitrogen and oxygen atoms in total. The fourth-order valence-electron chi connectivity index (χ4n) is 3.08. The average Bonchev–Trinajstić information content (AvgIpc) is 3.13. The van der Waals surface area contributed by atoms with Gasteiger partial charge in [-0.2, -0.15) is 5.10 Å². The average molecular weight is 348 g/mol.